The fourth-order valence-corrected chi connectivity index (χ4v) is 4.79. The first-order valence-electron chi connectivity index (χ1n) is 8.31. The van der Waals surface area contributed by atoms with Crippen LogP contribution in [0.5, 0.6) is 5.75 Å². The summed E-state index contributed by atoms with van der Waals surface area (Å²) in [5.41, 5.74) is 4.56. The van der Waals surface area contributed by atoms with Crippen molar-refractivity contribution < 1.29 is 22.7 Å². The summed E-state index contributed by atoms with van der Waals surface area (Å²) in [5, 5.41) is 2.08. The van der Waals surface area contributed by atoms with Crippen LogP contribution >= 0.6 is 0 Å². The average Bonchev–Trinajstić information content (AvgIpc) is 2.96. The molecule has 0 aliphatic carbocycles. The summed E-state index contributed by atoms with van der Waals surface area (Å²) in [6.07, 6.45) is 0.555. The minimum atomic E-state index is -3.01. The van der Waals surface area contributed by atoms with Crippen molar-refractivity contribution >= 4 is 32.4 Å². The van der Waals surface area contributed by atoms with Crippen LogP contribution < -0.4 is 15.6 Å². The van der Waals surface area contributed by atoms with Crippen molar-refractivity contribution in [2.75, 3.05) is 18.1 Å². The van der Waals surface area contributed by atoms with Crippen LogP contribution in [0.3, 0.4) is 0 Å². The largest absolute Gasteiger partial charge is 0.484 e. The molecule has 26 heavy (non-hydrogen) atoms. The van der Waals surface area contributed by atoms with E-state index in [-0.39, 0.29) is 30.5 Å². The summed E-state index contributed by atoms with van der Waals surface area (Å²) in [7, 11) is -3.01. The molecule has 1 heterocycles. The van der Waals surface area contributed by atoms with Gasteiger partial charge in [0.1, 0.15) is 5.75 Å². The Morgan fingerprint density at radius 2 is 1.77 bits per heavy atom. The highest BCUT2D eigenvalue weighted by Crippen LogP contribution is 2.21. The van der Waals surface area contributed by atoms with Gasteiger partial charge in [0.25, 0.3) is 5.91 Å². The van der Waals surface area contributed by atoms with Crippen LogP contribution in [0.4, 0.5) is 0 Å². The van der Waals surface area contributed by atoms with Crippen molar-refractivity contribution in [3.8, 4) is 5.75 Å². The quantitative estimate of drug-likeness (QED) is 0.764. The van der Waals surface area contributed by atoms with Gasteiger partial charge >= 0.3 is 0 Å². The molecule has 0 spiro atoms. The Kier molecular flexibility index (Phi) is 5.41. The zero-order valence-corrected chi connectivity index (χ0v) is 14.9. The van der Waals surface area contributed by atoms with E-state index in [4.69, 9.17) is 4.74 Å². The van der Waals surface area contributed by atoms with Gasteiger partial charge in [-0.05, 0) is 35.2 Å². The predicted octanol–water partition coefficient (Wildman–Crippen LogP) is 1.19. The number of hydrazine groups is 1. The molecule has 8 heteroatoms. The maximum Gasteiger partial charge on any atom is 0.276 e. The van der Waals surface area contributed by atoms with E-state index in [1.807, 2.05) is 36.4 Å². The first kappa shape index (κ1) is 18.2. The van der Waals surface area contributed by atoms with E-state index in [0.717, 1.165) is 10.8 Å². The maximum absolute atomic E-state index is 11.8. The molecule has 138 valence electrons. The minimum Gasteiger partial charge on any atom is -0.484 e. The van der Waals surface area contributed by atoms with Gasteiger partial charge in [0.2, 0.25) is 5.91 Å². The molecule has 1 saturated heterocycles. The van der Waals surface area contributed by atoms with Crippen molar-refractivity contribution in [3.63, 3.8) is 0 Å². The highest BCUT2D eigenvalue weighted by molar-refractivity contribution is 7.91. The van der Waals surface area contributed by atoms with Gasteiger partial charge in [0, 0.05) is 6.42 Å². The molecule has 0 saturated carbocycles. The standard InChI is InChI=1S/C18H20N2O5S/c21-17(9-13-7-8-26(23,24)12-13)19-20-18(22)11-25-16-6-5-14-3-1-2-4-15(14)10-16/h1-6,10,13H,7-9,11-12H2,(H,19,21)(H,20,22)/t13-/m0/s1. The first-order chi connectivity index (χ1) is 12.4. The second-order valence-corrected chi connectivity index (χ2v) is 8.60. The summed E-state index contributed by atoms with van der Waals surface area (Å²) in [4.78, 5) is 23.6. The molecule has 0 radical (unpaired) electrons. The van der Waals surface area contributed by atoms with Crippen LogP contribution in [0.1, 0.15) is 12.8 Å². The lowest BCUT2D eigenvalue weighted by atomic mass is 10.1. The Bertz CT molecular complexity index is 926. The minimum absolute atomic E-state index is 0.0272. The second kappa shape index (κ2) is 7.74. The molecule has 0 aromatic heterocycles. The third-order valence-corrected chi connectivity index (χ3v) is 6.07. The highest BCUT2D eigenvalue weighted by atomic mass is 32.2. The van der Waals surface area contributed by atoms with E-state index < -0.39 is 21.7 Å². The number of rotatable bonds is 5. The van der Waals surface area contributed by atoms with Crippen molar-refractivity contribution in [1.82, 2.24) is 10.9 Å². The summed E-state index contributed by atoms with van der Waals surface area (Å²) >= 11 is 0. The number of carbonyl (C=O) groups is 2. The molecule has 1 aliphatic heterocycles. The Hall–Kier alpha value is -2.61. The van der Waals surface area contributed by atoms with Crippen molar-refractivity contribution in [2.24, 2.45) is 5.92 Å². The predicted molar refractivity (Wildman–Crippen MR) is 97.1 cm³/mol. The molecule has 2 aromatic carbocycles. The maximum atomic E-state index is 11.8. The van der Waals surface area contributed by atoms with Crippen molar-refractivity contribution in [2.45, 2.75) is 12.8 Å². The van der Waals surface area contributed by atoms with E-state index in [2.05, 4.69) is 10.9 Å². The van der Waals surface area contributed by atoms with Crippen LogP contribution in [0.15, 0.2) is 42.5 Å². The Morgan fingerprint density at radius 3 is 2.50 bits per heavy atom. The van der Waals surface area contributed by atoms with Gasteiger partial charge in [-0.15, -0.1) is 0 Å². The highest BCUT2D eigenvalue weighted by Gasteiger charge is 2.29. The van der Waals surface area contributed by atoms with E-state index in [9.17, 15) is 18.0 Å². The lowest BCUT2D eigenvalue weighted by molar-refractivity contribution is -0.130. The smallest absolute Gasteiger partial charge is 0.276 e. The van der Waals surface area contributed by atoms with Crippen molar-refractivity contribution in [3.05, 3.63) is 42.5 Å². The van der Waals surface area contributed by atoms with E-state index in [1.165, 1.54) is 0 Å². The number of benzene rings is 2. The van der Waals surface area contributed by atoms with Gasteiger partial charge in [-0.25, -0.2) is 8.42 Å². The molecule has 2 N–H and O–H groups in total. The lowest BCUT2D eigenvalue weighted by Crippen LogP contribution is -2.44. The molecule has 1 aliphatic rings. The number of ether oxygens (including phenoxy) is 1. The third-order valence-electron chi connectivity index (χ3n) is 4.23. The van der Waals surface area contributed by atoms with Crippen LogP contribution in [-0.4, -0.2) is 38.3 Å². The summed E-state index contributed by atoms with van der Waals surface area (Å²) in [5.74, 6) is -0.389. The Balaban J connectivity index is 1.41. The molecule has 2 amide bonds. The van der Waals surface area contributed by atoms with Gasteiger partial charge in [0.05, 0.1) is 11.5 Å². The van der Waals surface area contributed by atoms with Gasteiger partial charge < -0.3 is 4.74 Å². The topological polar surface area (TPSA) is 102 Å². The normalized spacial score (nSPS) is 18.4. The molecular weight excluding hydrogens is 356 g/mol. The second-order valence-electron chi connectivity index (χ2n) is 6.37. The SMILES string of the molecule is O=C(COc1ccc2ccccc2c1)NNC(=O)C[C@@H]1CCS(=O)(=O)C1. The molecular formula is C18H20N2O5S. The van der Waals surface area contributed by atoms with Gasteiger partial charge in [-0.1, -0.05) is 30.3 Å². The number of hydrogen-bond donors (Lipinski definition) is 2. The number of fused-ring (bicyclic) bond motifs is 1. The van der Waals surface area contributed by atoms with E-state index in [1.54, 1.807) is 6.07 Å². The van der Waals surface area contributed by atoms with Crippen LogP contribution in [0, 0.1) is 5.92 Å². The first-order valence-corrected chi connectivity index (χ1v) is 10.1. The number of amides is 2. The monoisotopic (exact) mass is 376 g/mol. The summed E-state index contributed by atoms with van der Waals surface area (Å²) in [6.45, 7) is -0.240. The molecule has 0 bridgehead atoms. The fraction of sp³-hybridized carbons (Fsp3) is 0.333. The third kappa shape index (κ3) is 4.95. The molecule has 1 atom stereocenters. The number of sulfone groups is 1. The zero-order valence-electron chi connectivity index (χ0n) is 14.1. The molecule has 7 nitrogen and oxygen atoms in total. The summed E-state index contributed by atoms with van der Waals surface area (Å²) in [6, 6.07) is 13.3. The Morgan fingerprint density at radius 1 is 1.04 bits per heavy atom. The fourth-order valence-electron chi connectivity index (χ4n) is 2.93. The van der Waals surface area contributed by atoms with Crippen LogP contribution in [-0.2, 0) is 19.4 Å². The van der Waals surface area contributed by atoms with Gasteiger partial charge in [0.15, 0.2) is 16.4 Å². The number of hydrogen-bond acceptors (Lipinski definition) is 5. The zero-order chi connectivity index (χ0) is 18.6. The molecule has 3 rings (SSSR count). The van der Waals surface area contributed by atoms with Crippen LogP contribution in [0.2, 0.25) is 0 Å². The molecule has 1 fully saturated rings. The van der Waals surface area contributed by atoms with Crippen molar-refractivity contribution in [1.29, 1.82) is 0 Å². The van der Waals surface area contributed by atoms with E-state index in [0.29, 0.717) is 12.2 Å². The number of carbonyl (C=O) groups excluding carboxylic acids is 2. The summed E-state index contributed by atoms with van der Waals surface area (Å²) < 4.78 is 28.2. The van der Waals surface area contributed by atoms with Gasteiger partial charge in [-0.3, -0.25) is 20.4 Å². The Labute approximate surface area is 151 Å². The van der Waals surface area contributed by atoms with Gasteiger partial charge in [-0.2, -0.15) is 0 Å². The van der Waals surface area contributed by atoms with E-state index >= 15 is 0 Å². The molecule has 2 aromatic rings. The molecule has 0 unspecified atom stereocenters. The lowest BCUT2D eigenvalue weighted by Gasteiger charge is -2.11. The van der Waals surface area contributed by atoms with Crippen LogP contribution in [0.25, 0.3) is 10.8 Å². The number of nitrogens with one attached hydrogen (secondary N) is 2. The average molecular weight is 376 g/mol.